The molecule has 2 aromatic carbocycles. The van der Waals surface area contributed by atoms with Crippen LogP contribution in [0.15, 0.2) is 53.4 Å². The molecule has 0 spiro atoms. The number of fused-ring (bicyclic) bond motifs is 1. The third-order valence-electron chi connectivity index (χ3n) is 8.68. The van der Waals surface area contributed by atoms with Crippen LogP contribution in [0.5, 0.6) is 0 Å². The minimum Gasteiger partial charge on any atom is -0.444 e. The first-order valence-corrected chi connectivity index (χ1v) is 18.8. The summed E-state index contributed by atoms with van der Waals surface area (Å²) < 4.78 is 5.49. The molecule has 0 fully saturated rings. The van der Waals surface area contributed by atoms with Gasteiger partial charge in [-0.2, -0.15) is 0 Å². The Morgan fingerprint density at radius 2 is 1.58 bits per heavy atom. The highest BCUT2D eigenvalue weighted by molar-refractivity contribution is 7.07. The number of nitrogens with zero attached hydrogens (tertiary/aromatic N) is 1. The van der Waals surface area contributed by atoms with Crippen molar-refractivity contribution in [3.8, 4) is 0 Å². The molecule has 6 atom stereocenters. The van der Waals surface area contributed by atoms with E-state index in [9.17, 15) is 29.4 Å². The monoisotopic (exact) mass is 740 g/mol. The Morgan fingerprint density at radius 3 is 2.21 bits per heavy atom. The summed E-state index contributed by atoms with van der Waals surface area (Å²) in [5.74, 6) is -1.56. The summed E-state index contributed by atoms with van der Waals surface area (Å²) in [5, 5.41) is 33.0. The van der Waals surface area contributed by atoms with Gasteiger partial charge < -0.3 is 30.9 Å². The molecule has 0 saturated heterocycles. The number of carbonyl (C=O) groups excluding carboxylic acids is 4. The lowest BCUT2D eigenvalue weighted by molar-refractivity contribution is -0.131. The molecule has 1 heterocycles. The second-order valence-electron chi connectivity index (χ2n) is 14.7. The largest absolute Gasteiger partial charge is 0.444 e. The van der Waals surface area contributed by atoms with Crippen LogP contribution in [0.4, 0.5) is 4.79 Å². The molecule has 13 nitrogen and oxygen atoms in total. The van der Waals surface area contributed by atoms with Gasteiger partial charge in [0.25, 0.3) is 0 Å². The molecule has 52 heavy (non-hydrogen) atoms. The van der Waals surface area contributed by atoms with Crippen molar-refractivity contribution in [2.75, 3.05) is 6.61 Å². The lowest BCUT2D eigenvalue weighted by atomic mass is 9.96. The molecule has 14 heteroatoms. The molecule has 0 radical (unpaired) electrons. The van der Waals surface area contributed by atoms with Crippen LogP contribution < -0.4 is 26.8 Å². The molecule has 3 rings (SSSR count). The average Bonchev–Trinajstić information content (AvgIpc) is 3.59. The lowest BCUT2D eigenvalue weighted by Crippen LogP contribution is -2.58. The fourth-order valence-electron chi connectivity index (χ4n) is 5.69. The predicted octanol–water partition coefficient (Wildman–Crippen LogP) is 3.77. The number of alkyl carbamates (subject to hydrolysis) is 1. The second-order valence-corrected chi connectivity index (χ2v) is 15.4. The van der Waals surface area contributed by atoms with Crippen LogP contribution in [0.3, 0.4) is 0 Å². The number of nitrogens with one attached hydrogen (secondary N) is 5. The number of ether oxygens (including phenoxy) is 1. The van der Waals surface area contributed by atoms with Crippen LogP contribution in [-0.2, 0) is 32.0 Å². The topological polar surface area (TPSA) is 191 Å². The van der Waals surface area contributed by atoms with E-state index in [2.05, 4.69) is 31.8 Å². The zero-order valence-corrected chi connectivity index (χ0v) is 32.1. The van der Waals surface area contributed by atoms with Crippen LogP contribution >= 0.6 is 11.3 Å². The maximum atomic E-state index is 14.1. The molecule has 0 aliphatic rings. The standard InChI is InChI=1S/C38H56N6O7S/c1-8-24(4)32(20-45)43-44-34(47)19-33(46)29(16-23(2)3)40-36(49)31(18-27-21-52-22-39-27)41-35(48)30(42-37(50)51-38(5,6)7)17-26-14-11-13-25-12-9-10-15-28(25)26/h9-15,21-24,29-33,43,45-46H,8,16-20H2,1-7H3,(H,40,49)(H,41,48)(H,42,50)(H,44,47)/t24-,29-,30-,31?,32+,33-/m0/s1. The summed E-state index contributed by atoms with van der Waals surface area (Å²) in [5.41, 5.74) is 7.59. The van der Waals surface area contributed by atoms with Crippen LogP contribution in [0, 0.1) is 11.8 Å². The van der Waals surface area contributed by atoms with Crippen molar-refractivity contribution >= 4 is 45.9 Å². The normalized spacial score (nSPS) is 15.2. The smallest absolute Gasteiger partial charge is 0.408 e. The van der Waals surface area contributed by atoms with E-state index in [1.807, 2.05) is 70.2 Å². The van der Waals surface area contributed by atoms with Gasteiger partial charge in [0.2, 0.25) is 17.7 Å². The van der Waals surface area contributed by atoms with E-state index in [0.717, 1.165) is 22.8 Å². The van der Waals surface area contributed by atoms with Gasteiger partial charge in [-0.25, -0.2) is 15.2 Å². The highest BCUT2D eigenvalue weighted by atomic mass is 32.1. The summed E-state index contributed by atoms with van der Waals surface area (Å²) in [6, 6.07) is 10.0. The second kappa shape index (κ2) is 20.2. The maximum Gasteiger partial charge on any atom is 0.408 e. The van der Waals surface area contributed by atoms with E-state index in [1.165, 1.54) is 11.3 Å². The summed E-state index contributed by atoms with van der Waals surface area (Å²) in [7, 11) is 0. The number of thiazole rings is 1. The van der Waals surface area contributed by atoms with E-state index in [1.54, 1.807) is 31.7 Å². The molecule has 4 amide bonds. The third kappa shape index (κ3) is 13.8. The van der Waals surface area contributed by atoms with Crippen molar-refractivity contribution in [1.29, 1.82) is 0 Å². The lowest BCUT2D eigenvalue weighted by Gasteiger charge is -2.29. The van der Waals surface area contributed by atoms with E-state index < -0.39 is 53.6 Å². The maximum absolute atomic E-state index is 14.1. The predicted molar refractivity (Wildman–Crippen MR) is 202 cm³/mol. The fourth-order valence-corrected chi connectivity index (χ4v) is 6.26. The van der Waals surface area contributed by atoms with Crippen molar-refractivity contribution < 1.29 is 34.1 Å². The van der Waals surface area contributed by atoms with Gasteiger partial charge in [-0.3, -0.25) is 19.8 Å². The minimum atomic E-state index is -1.26. The Hall–Kier alpha value is -4.11. The van der Waals surface area contributed by atoms with Crippen molar-refractivity contribution in [3.05, 3.63) is 64.6 Å². The molecule has 0 saturated carbocycles. The molecule has 286 valence electrons. The van der Waals surface area contributed by atoms with Gasteiger partial charge in [-0.05, 0) is 55.4 Å². The van der Waals surface area contributed by atoms with Crippen LogP contribution in [0.1, 0.15) is 79.0 Å². The van der Waals surface area contributed by atoms with Crippen LogP contribution in [0.25, 0.3) is 10.8 Å². The summed E-state index contributed by atoms with van der Waals surface area (Å²) in [4.78, 5) is 58.2. The fraction of sp³-hybridized carbons (Fsp3) is 0.553. The first-order chi connectivity index (χ1) is 24.6. The molecule has 1 aromatic heterocycles. The van der Waals surface area contributed by atoms with Crippen molar-refractivity contribution in [1.82, 2.24) is 31.8 Å². The number of hydrogen-bond acceptors (Lipinski definition) is 10. The van der Waals surface area contributed by atoms with Crippen molar-refractivity contribution in [3.63, 3.8) is 0 Å². The molecular weight excluding hydrogens is 685 g/mol. The summed E-state index contributed by atoms with van der Waals surface area (Å²) >= 11 is 1.35. The van der Waals surface area contributed by atoms with Gasteiger partial charge in [0, 0.05) is 18.2 Å². The number of aliphatic hydroxyl groups excluding tert-OH is 2. The number of amides is 4. The minimum absolute atomic E-state index is 0.0417. The Kier molecular flexibility index (Phi) is 16.4. The number of hydrazine groups is 1. The average molecular weight is 741 g/mol. The van der Waals surface area contributed by atoms with E-state index in [-0.39, 0.29) is 43.7 Å². The molecule has 1 unspecified atom stereocenters. The Labute approximate surface area is 310 Å². The van der Waals surface area contributed by atoms with Gasteiger partial charge >= 0.3 is 6.09 Å². The Bertz CT molecular complexity index is 1590. The summed E-state index contributed by atoms with van der Waals surface area (Å²) in [6.45, 7) is 12.8. The number of rotatable bonds is 19. The number of hydrogen-bond donors (Lipinski definition) is 7. The third-order valence-corrected chi connectivity index (χ3v) is 9.31. The number of aliphatic hydroxyl groups is 2. The Balaban J connectivity index is 1.84. The van der Waals surface area contributed by atoms with Crippen LogP contribution in [0.2, 0.25) is 0 Å². The first kappa shape index (κ1) is 42.3. The number of benzene rings is 2. The van der Waals surface area contributed by atoms with E-state index in [4.69, 9.17) is 4.74 Å². The van der Waals surface area contributed by atoms with E-state index in [0.29, 0.717) is 12.1 Å². The van der Waals surface area contributed by atoms with Crippen molar-refractivity contribution in [2.24, 2.45) is 11.8 Å². The molecule has 0 aliphatic heterocycles. The van der Waals surface area contributed by atoms with Gasteiger partial charge in [-0.1, -0.05) is 76.6 Å². The molecular formula is C38H56N6O7S. The van der Waals surface area contributed by atoms with Gasteiger partial charge in [0.05, 0.1) is 42.4 Å². The van der Waals surface area contributed by atoms with Gasteiger partial charge in [0.15, 0.2) is 0 Å². The SMILES string of the molecule is CC[C@H](C)[C@@H](CO)NNC(=O)C[C@H](O)[C@H](CC(C)C)NC(=O)C(Cc1cscn1)NC(=O)[C@H](Cc1cccc2ccccc12)NC(=O)OC(C)(C)C. The highest BCUT2D eigenvalue weighted by Crippen LogP contribution is 2.21. The zero-order valence-electron chi connectivity index (χ0n) is 31.3. The van der Waals surface area contributed by atoms with Gasteiger partial charge in [0.1, 0.15) is 17.7 Å². The van der Waals surface area contributed by atoms with Gasteiger partial charge in [-0.15, -0.1) is 11.3 Å². The number of carbonyl (C=O) groups is 4. The number of aromatic nitrogens is 1. The van der Waals surface area contributed by atoms with Crippen LogP contribution in [-0.4, -0.2) is 81.5 Å². The molecule has 3 aromatic rings. The molecule has 0 bridgehead atoms. The molecule has 0 aliphatic carbocycles. The highest BCUT2D eigenvalue weighted by Gasteiger charge is 2.32. The quantitative estimate of drug-likeness (QED) is 0.0898. The zero-order chi connectivity index (χ0) is 38.4. The molecule has 7 N–H and O–H groups in total. The van der Waals surface area contributed by atoms with E-state index >= 15 is 0 Å². The van der Waals surface area contributed by atoms with Crippen molar-refractivity contribution in [2.45, 2.75) is 116 Å². The summed E-state index contributed by atoms with van der Waals surface area (Å²) in [6.07, 6.45) is -1.06. The first-order valence-electron chi connectivity index (χ1n) is 17.9. The Morgan fingerprint density at radius 1 is 0.904 bits per heavy atom.